The molecule has 0 unspecified atom stereocenters. The fraction of sp³-hybridized carbons (Fsp3) is 0.143. The van der Waals surface area contributed by atoms with E-state index in [1.165, 1.54) is 24.3 Å². The zero-order chi connectivity index (χ0) is 22.3. The summed E-state index contributed by atoms with van der Waals surface area (Å²) in [6.07, 6.45) is 0. The zero-order valence-corrected chi connectivity index (χ0v) is 18.7. The van der Waals surface area contributed by atoms with E-state index < -0.39 is 34.9 Å². The summed E-state index contributed by atoms with van der Waals surface area (Å²) in [5.74, 6) is -3.18. The van der Waals surface area contributed by atoms with Crippen molar-refractivity contribution in [2.45, 2.75) is 20.8 Å². The van der Waals surface area contributed by atoms with Crippen molar-refractivity contribution < 1.29 is 26.3 Å². The minimum absolute atomic E-state index is 0.298. The number of hydrogen-bond acceptors (Lipinski definition) is 0. The van der Waals surface area contributed by atoms with E-state index in [-0.39, 0.29) is 0 Å². The van der Waals surface area contributed by atoms with Gasteiger partial charge in [-0.15, -0.1) is 0 Å². The first kappa shape index (κ1) is 25.2. The van der Waals surface area contributed by atoms with Crippen molar-refractivity contribution in [3.63, 3.8) is 0 Å². The molecular formula is C21H16Br2F6. The van der Waals surface area contributed by atoms with E-state index in [1.54, 1.807) is 20.8 Å². The largest absolute Gasteiger partial charge is 0.207 e. The van der Waals surface area contributed by atoms with Crippen LogP contribution in [0.4, 0.5) is 26.3 Å². The minimum Gasteiger partial charge on any atom is -0.207 e. The van der Waals surface area contributed by atoms with Crippen molar-refractivity contribution in [1.82, 2.24) is 0 Å². The molecule has 0 amide bonds. The van der Waals surface area contributed by atoms with Gasteiger partial charge in [-0.3, -0.25) is 0 Å². The molecule has 0 nitrogen and oxygen atoms in total. The van der Waals surface area contributed by atoms with E-state index in [2.05, 4.69) is 31.9 Å². The molecule has 0 heterocycles. The summed E-state index contributed by atoms with van der Waals surface area (Å²) < 4.78 is 75.1. The summed E-state index contributed by atoms with van der Waals surface area (Å²) in [4.78, 5) is 0. The van der Waals surface area contributed by atoms with Crippen molar-refractivity contribution in [1.29, 1.82) is 0 Å². The van der Waals surface area contributed by atoms with Crippen LogP contribution in [0, 0.1) is 55.7 Å². The van der Waals surface area contributed by atoms with Gasteiger partial charge < -0.3 is 0 Å². The zero-order valence-electron chi connectivity index (χ0n) is 15.6. The lowest BCUT2D eigenvalue weighted by Gasteiger charge is -1.98. The Balaban J connectivity index is 0.000000218. The molecule has 0 atom stereocenters. The van der Waals surface area contributed by atoms with Crippen LogP contribution in [0.3, 0.4) is 0 Å². The predicted octanol–water partition coefficient (Wildman–Crippen LogP) is 8.34. The molecule has 156 valence electrons. The van der Waals surface area contributed by atoms with Crippen LogP contribution in [0.15, 0.2) is 51.4 Å². The van der Waals surface area contributed by atoms with Crippen molar-refractivity contribution in [2.24, 2.45) is 0 Å². The van der Waals surface area contributed by atoms with Crippen LogP contribution in [0.5, 0.6) is 0 Å². The second kappa shape index (κ2) is 11.4. The first-order valence-electron chi connectivity index (χ1n) is 8.06. The summed E-state index contributed by atoms with van der Waals surface area (Å²) in [5, 5.41) is 0. The van der Waals surface area contributed by atoms with E-state index in [9.17, 15) is 26.3 Å². The third kappa shape index (κ3) is 8.22. The van der Waals surface area contributed by atoms with Crippen molar-refractivity contribution >= 4 is 31.9 Å². The molecule has 0 fully saturated rings. The second-order valence-corrected chi connectivity index (χ2v) is 7.61. The molecule has 0 N–H and O–H groups in total. The van der Waals surface area contributed by atoms with Gasteiger partial charge >= 0.3 is 0 Å². The highest BCUT2D eigenvalue weighted by atomic mass is 79.9. The molecule has 0 bridgehead atoms. The van der Waals surface area contributed by atoms with Gasteiger partial charge in [0, 0.05) is 22.7 Å². The topological polar surface area (TPSA) is 0 Å². The van der Waals surface area contributed by atoms with Crippen molar-refractivity contribution in [3.8, 4) is 0 Å². The highest BCUT2D eigenvalue weighted by Crippen LogP contribution is 2.20. The van der Waals surface area contributed by atoms with E-state index in [1.807, 2.05) is 0 Å². The van der Waals surface area contributed by atoms with Crippen LogP contribution < -0.4 is 0 Å². The molecular weight excluding hydrogens is 526 g/mol. The van der Waals surface area contributed by atoms with Crippen molar-refractivity contribution in [2.75, 3.05) is 0 Å². The standard InChI is InChI=1S/2C7H5BrF2.C7H6F2/c1-4-6(8)2-5(9)3-7(4)10;1-4-2-5(8)7(10)3-6(4)9;1-5-2-3-6(8)4-7(5)9/h2*2-3H,1H3;2-4H,1H3. The van der Waals surface area contributed by atoms with Crippen molar-refractivity contribution in [3.05, 3.63) is 103 Å². The monoisotopic (exact) mass is 540 g/mol. The van der Waals surface area contributed by atoms with Gasteiger partial charge in [0.2, 0.25) is 0 Å². The number of hydrogen-bond donors (Lipinski definition) is 0. The minimum atomic E-state index is -0.567. The Hall–Kier alpha value is -1.80. The van der Waals surface area contributed by atoms with Crippen LogP contribution in [-0.2, 0) is 0 Å². The lowest BCUT2D eigenvalue weighted by Crippen LogP contribution is -1.85. The van der Waals surface area contributed by atoms with Gasteiger partial charge in [0.05, 0.1) is 4.47 Å². The van der Waals surface area contributed by atoms with Gasteiger partial charge in [0.1, 0.15) is 34.9 Å². The SMILES string of the molecule is Cc1c(F)cc(F)cc1Br.Cc1cc(Br)c(F)cc1F.Cc1ccc(F)cc1F. The number of halogens is 8. The normalized spacial score (nSPS) is 9.90. The third-order valence-electron chi connectivity index (χ3n) is 3.58. The highest BCUT2D eigenvalue weighted by molar-refractivity contribution is 9.10. The Morgan fingerprint density at radius 1 is 0.517 bits per heavy atom. The molecule has 8 heteroatoms. The van der Waals surface area contributed by atoms with E-state index in [0.717, 1.165) is 18.2 Å². The Labute approximate surface area is 181 Å². The molecule has 0 saturated heterocycles. The predicted molar refractivity (Wildman–Crippen MR) is 109 cm³/mol. The maximum absolute atomic E-state index is 12.6. The van der Waals surface area contributed by atoms with Crippen LogP contribution in [-0.4, -0.2) is 0 Å². The van der Waals surface area contributed by atoms with E-state index in [0.29, 0.717) is 25.6 Å². The van der Waals surface area contributed by atoms with Gasteiger partial charge in [0.25, 0.3) is 0 Å². The number of rotatable bonds is 0. The van der Waals surface area contributed by atoms with Gasteiger partial charge in [-0.05, 0) is 71.6 Å². The Morgan fingerprint density at radius 3 is 1.55 bits per heavy atom. The highest BCUT2D eigenvalue weighted by Gasteiger charge is 2.04. The molecule has 0 aliphatic rings. The summed E-state index contributed by atoms with van der Waals surface area (Å²) >= 11 is 5.96. The average molecular weight is 542 g/mol. The second-order valence-electron chi connectivity index (χ2n) is 5.90. The first-order chi connectivity index (χ1) is 13.4. The summed E-state index contributed by atoms with van der Waals surface area (Å²) in [6, 6.07) is 7.88. The molecule has 0 aliphatic carbocycles. The number of benzene rings is 3. The molecule has 3 aromatic rings. The van der Waals surface area contributed by atoms with Gasteiger partial charge in [-0.25, -0.2) is 26.3 Å². The number of aryl methyl sites for hydroxylation is 2. The van der Waals surface area contributed by atoms with Crippen LogP contribution in [0.25, 0.3) is 0 Å². The Morgan fingerprint density at radius 2 is 1.07 bits per heavy atom. The molecule has 0 spiro atoms. The van der Waals surface area contributed by atoms with Crippen LogP contribution in [0.1, 0.15) is 16.7 Å². The van der Waals surface area contributed by atoms with Gasteiger partial charge in [0.15, 0.2) is 0 Å². The van der Waals surface area contributed by atoms with Crippen LogP contribution in [0.2, 0.25) is 0 Å². The quantitative estimate of drug-likeness (QED) is 0.198. The van der Waals surface area contributed by atoms with E-state index in [4.69, 9.17) is 0 Å². The molecule has 0 aliphatic heterocycles. The summed E-state index contributed by atoms with van der Waals surface area (Å²) in [6.45, 7) is 4.76. The fourth-order valence-electron chi connectivity index (χ4n) is 1.80. The lowest BCUT2D eigenvalue weighted by molar-refractivity contribution is 0.573. The molecule has 3 rings (SSSR count). The fourth-order valence-corrected chi connectivity index (χ4v) is 2.67. The van der Waals surface area contributed by atoms with Crippen LogP contribution >= 0.6 is 31.9 Å². The summed E-state index contributed by atoms with van der Waals surface area (Å²) in [5.41, 5.74) is 1.34. The average Bonchev–Trinajstić information content (AvgIpc) is 2.62. The molecule has 0 saturated carbocycles. The molecule has 0 aromatic heterocycles. The lowest BCUT2D eigenvalue weighted by atomic mass is 10.2. The van der Waals surface area contributed by atoms with Gasteiger partial charge in [-0.1, -0.05) is 22.0 Å². The maximum Gasteiger partial charge on any atom is 0.140 e. The molecule has 3 aromatic carbocycles. The first-order valence-corrected chi connectivity index (χ1v) is 9.65. The molecule has 0 radical (unpaired) electrons. The summed E-state index contributed by atoms with van der Waals surface area (Å²) in [7, 11) is 0. The van der Waals surface area contributed by atoms with Gasteiger partial charge in [-0.2, -0.15) is 0 Å². The smallest absolute Gasteiger partial charge is 0.140 e. The maximum atomic E-state index is 12.6. The van der Waals surface area contributed by atoms with E-state index >= 15 is 0 Å². The Bertz CT molecular complexity index is 916. The third-order valence-corrected chi connectivity index (χ3v) is 5.01. The Kier molecular flexibility index (Phi) is 9.92. The molecule has 29 heavy (non-hydrogen) atoms.